The number of benzene rings is 1. The summed E-state index contributed by atoms with van der Waals surface area (Å²) in [6.07, 6.45) is 0. The molecule has 0 atom stereocenters. The largest absolute Gasteiger partial charge is 0.354 e. The van der Waals surface area contributed by atoms with Crippen LogP contribution >= 0.6 is 11.6 Å². The highest BCUT2D eigenvalue weighted by Gasteiger charge is 2.19. The summed E-state index contributed by atoms with van der Waals surface area (Å²) in [5.41, 5.74) is 1.24. The van der Waals surface area contributed by atoms with Crippen LogP contribution in [-0.2, 0) is 11.3 Å². The van der Waals surface area contributed by atoms with E-state index >= 15 is 0 Å². The summed E-state index contributed by atoms with van der Waals surface area (Å²) in [6, 6.07) is 8.05. The highest BCUT2D eigenvalue weighted by atomic mass is 35.5. The van der Waals surface area contributed by atoms with Gasteiger partial charge >= 0.3 is 0 Å². The summed E-state index contributed by atoms with van der Waals surface area (Å²) in [7, 11) is 1.80. The van der Waals surface area contributed by atoms with Crippen molar-refractivity contribution < 1.29 is 4.79 Å². The summed E-state index contributed by atoms with van der Waals surface area (Å²) in [4.78, 5) is 20.6. The molecular weight excluding hydrogens is 350 g/mol. The van der Waals surface area contributed by atoms with Crippen LogP contribution in [0.25, 0.3) is 0 Å². The Balaban J connectivity index is 1.72. The van der Waals surface area contributed by atoms with Crippen LogP contribution in [0.3, 0.4) is 0 Å². The molecule has 26 heavy (non-hydrogen) atoms. The van der Waals surface area contributed by atoms with Crippen LogP contribution in [0.5, 0.6) is 0 Å². The fraction of sp³-hybridized carbons (Fsp3) is 0.579. The number of halogens is 1. The second-order valence-electron chi connectivity index (χ2n) is 6.81. The monoisotopic (exact) mass is 379 g/mol. The van der Waals surface area contributed by atoms with Crippen molar-refractivity contribution in [3.05, 3.63) is 34.9 Å². The molecule has 6 nitrogen and oxygen atoms in total. The smallest absolute Gasteiger partial charge is 0.222 e. The molecule has 2 N–H and O–H groups in total. The van der Waals surface area contributed by atoms with Crippen LogP contribution in [0.1, 0.15) is 19.4 Å². The van der Waals surface area contributed by atoms with Crippen LogP contribution in [0, 0.1) is 5.92 Å². The van der Waals surface area contributed by atoms with Crippen molar-refractivity contribution in [1.82, 2.24) is 20.4 Å². The molecule has 7 heteroatoms. The lowest BCUT2D eigenvalue weighted by Crippen LogP contribution is -2.53. The maximum absolute atomic E-state index is 11.6. The minimum atomic E-state index is 0.0156. The Morgan fingerprint density at radius 1 is 1.19 bits per heavy atom. The molecule has 0 radical (unpaired) electrons. The Labute approximate surface area is 161 Å². The van der Waals surface area contributed by atoms with Gasteiger partial charge in [0.15, 0.2) is 5.96 Å². The first-order chi connectivity index (χ1) is 12.5. The van der Waals surface area contributed by atoms with Gasteiger partial charge in [-0.05, 0) is 17.7 Å². The van der Waals surface area contributed by atoms with E-state index in [0.29, 0.717) is 13.1 Å². The van der Waals surface area contributed by atoms with Crippen molar-refractivity contribution in [2.45, 2.75) is 20.4 Å². The summed E-state index contributed by atoms with van der Waals surface area (Å²) in [5, 5.41) is 7.03. The van der Waals surface area contributed by atoms with Gasteiger partial charge in [-0.3, -0.25) is 14.7 Å². The first-order valence-corrected chi connectivity index (χ1v) is 9.57. The lowest BCUT2D eigenvalue weighted by Gasteiger charge is -2.36. The van der Waals surface area contributed by atoms with Crippen molar-refractivity contribution in [2.75, 3.05) is 46.3 Å². The van der Waals surface area contributed by atoms with E-state index in [1.807, 2.05) is 32.0 Å². The number of carbonyl (C=O) groups is 1. The molecule has 0 spiro atoms. The van der Waals surface area contributed by atoms with Crippen LogP contribution in [0.2, 0.25) is 5.02 Å². The first-order valence-electron chi connectivity index (χ1n) is 9.19. The third-order valence-electron chi connectivity index (χ3n) is 4.41. The van der Waals surface area contributed by atoms with E-state index in [2.05, 4.69) is 31.5 Å². The maximum atomic E-state index is 11.6. The number of guanidine groups is 1. The molecule has 1 heterocycles. The van der Waals surface area contributed by atoms with Gasteiger partial charge in [0.1, 0.15) is 0 Å². The van der Waals surface area contributed by atoms with Crippen LogP contribution in [0.4, 0.5) is 0 Å². The van der Waals surface area contributed by atoms with E-state index in [4.69, 9.17) is 11.6 Å². The Morgan fingerprint density at radius 3 is 2.50 bits per heavy atom. The number of hydrogen-bond acceptors (Lipinski definition) is 3. The van der Waals surface area contributed by atoms with Crippen molar-refractivity contribution >= 4 is 23.5 Å². The number of aliphatic imine (C=N–C) groups is 1. The number of nitrogens with one attached hydrogen (secondary N) is 2. The normalized spacial score (nSPS) is 16.0. The molecule has 1 aromatic rings. The van der Waals surface area contributed by atoms with Crippen LogP contribution in [-0.4, -0.2) is 68.0 Å². The fourth-order valence-electron chi connectivity index (χ4n) is 2.91. The van der Waals surface area contributed by atoms with E-state index in [-0.39, 0.29) is 11.8 Å². The minimum Gasteiger partial charge on any atom is -0.354 e. The van der Waals surface area contributed by atoms with E-state index in [9.17, 15) is 4.79 Å². The average molecular weight is 380 g/mol. The number of piperazine rings is 1. The van der Waals surface area contributed by atoms with Crippen LogP contribution in [0.15, 0.2) is 29.3 Å². The second kappa shape index (κ2) is 10.4. The summed E-state index contributed by atoms with van der Waals surface area (Å²) < 4.78 is 0. The van der Waals surface area contributed by atoms with Gasteiger partial charge in [-0.15, -0.1) is 0 Å². The van der Waals surface area contributed by atoms with Gasteiger partial charge in [0.25, 0.3) is 0 Å². The second-order valence-corrected chi connectivity index (χ2v) is 7.25. The zero-order valence-electron chi connectivity index (χ0n) is 16.0. The van der Waals surface area contributed by atoms with E-state index in [1.54, 1.807) is 7.05 Å². The number of amides is 1. The molecular formula is C19H30ClN5O. The van der Waals surface area contributed by atoms with Gasteiger partial charge in [-0.25, -0.2) is 0 Å². The van der Waals surface area contributed by atoms with Crippen molar-refractivity contribution in [3.8, 4) is 0 Å². The molecule has 1 fully saturated rings. The van der Waals surface area contributed by atoms with Gasteiger partial charge in [-0.1, -0.05) is 37.6 Å². The molecule has 0 saturated carbocycles. The maximum Gasteiger partial charge on any atom is 0.222 e. The van der Waals surface area contributed by atoms with Gasteiger partial charge < -0.3 is 15.5 Å². The molecule has 0 unspecified atom stereocenters. The van der Waals surface area contributed by atoms with E-state index in [0.717, 1.165) is 43.7 Å². The van der Waals surface area contributed by atoms with Gasteiger partial charge in [0, 0.05) is 63.8 Å². The lowest BCUT2D eigenvalue weighted by molar-refractivity contribution is -0.123. The highest BCUT2D eigenvalue weighted by molar-refractivity contribution is 6.30. The average Bonchev–Trinajstić information content (AvgIpc) is 2.62. The molecule has 0 aliphatic carbocycles. The Morgan fingerprint density at radius 2 is 1.88 bits per heavy atom. The van der Waals surface area contributed by atoms with Crippen molar-refractivity contribution in [1.29, 1.82) is 0 Å². The number of carbonyl (C=O) groups excluding carboxylic acids is 1. The van der Waals surface area contributed by atoms with E-state index in [1.165, 1.54) is 5.56 Å². The Bertz CT molecular complexity index is 612. The summed E-state index contributed by atoms with van der Waals surface area (Å²) >= 11 is 6.07. The first kappa shape index (κ1) is 20.5. The Kier molecular flexibility index (Phi) is 8.19. The molecule has 0 aromatic heterocycles. The molecule has 0 bridgehead atoms. The Hall–Kier alpha value is -1.79. The van der Waals surface area contributed by atoms with E-state index < -0.39 is 0 Å². The molecule has 1 saturated heterocycles. The zero-order chi connectivity index (χ0) is 18.9. The topological polar surface area (TPSA) is 60.0 Å². The SMILES string of the molecule is CN=C(NCCNC(=O)C(C)C)N1CCN(Cc2cccc(Cl)c2)CC1. The number of nitrogens with zero attached hydrogens (tertiary/aromatic N) is 3. The highest BCUT2D eigenvalue weighted by Crippen LogP contribution is 2.14. The number of hydrogen-bond donors (Lipinski definition) is 2. The predicted molar refractivity (Wildman–Crippen MR) is 108 cm³/mol. The summed E-state index contributed by atoms with van der Waals surface area (Å²) in [5.74, 6) is 0.990. The molecule has 1 aliphatic rings. The quantitative estimate of drug-likeness (QED) is 0.449. The molecule has 1 aliphatic heterocycles. The third-order valence-corrected chi connectivity index (χ3v) is 4.65. The molecule has 1 amide bonds. The van der Waals surface area contributed by atoms with Crippen molar-refractivity contribution in [2.24, 2.45) is 10.9 Å². The standard InChI is InChI=1S/C19H30ClN5O/c1-15(2)18(26)22-7-8-23-19(21-3)25-11-9-24(10-12-25)14-16-5-4-6-17(20)13-16/h4-6,13,15H,7-12,14H2,1-3H3,(H,21,23)(H,22,26). The summed E-state index contributed by atoms with van der Waals surface area (Å²) in [6.45, 7) is 9.81. The van der Waals surface area contributed by atoms with Gasteiger partial charge in [0.2, 0.25) is 5.91 Å². The minimum absolute atomic E-state index is 0.0156. The molecule has 1 aromatic carbocycles. The zero-order valence-corrected chi connectivity index (χ0v) is 16.7. The molecule has 2 rings (SSSR count). The van der Waals surface area contributed by atoms with Crippen molar-refractivity contribution in [3.63, 3.8) is 0 Å². The lowest BCUT2D eigenvalue weighted by atomic mass is 10.2. The number of rotatable bonds is 6. The third kappa shape index (κ3) is 6.50. The van der Waals surface area contributed by atoms with Crippen LogP contribution < -0.4 is 10.6 Å². The predicted octanol–water partition coefficient (Wildman–Crippen LogP) is 1.81. The van der Waals surface area contributed by atoms with Gasteiger partial charge in [-0.2, -0.15) is 0 Å². The van der Waals surface area contributed by atoms with Gasteiger partial charge in [0.05, 0.1) is 0 Å². The fourth-order valence-corrected chi connectivity index (χ4v) is 3.12. The molecule has 144 valence electrons.